The molecule has 0 spiro atoms. The fourth-order valence-corrected chi connectivity index (χ4v) is 2.99. The van der Waals surface area contributed by atoms with Crippen LogP contribution < -0.4 is 10.2 Å². The molecule has 1 N–H and O–H groups in total. The molecule has 1 heterocycles. The summed E-state index contributed by atoms with van der Waals surface area (Å²) in [6.45, 7) is 9.01. The third-order valence-corrected chi connectivity index (χ3v) is 4.03. The molecule has 100 valence electrons. The van der Waals surface area contributed by atoms with Gasteiger partial charge in [0.25, 0.3) is 0 Å². The van der Waals surface area contributed by atoms with Gasteiger partial charge >= 0.3 is 0 Å². The van der Waals surface area contributed by atoms with Crippen molar-refractivity contribution in [3.63, 3.8) is 0 Å². The molecule has 0 aromatic heterocycles. The molecule has 0 aliphatic carbocycles. The second-order valence-electron chi connectivity index (χ2n) is 5.38. The van der Waals surface area contributed by atoms with Gasteiger partial charge in [-0.1, -0.05) is 25.1 Å². The van der Waals surface area contributed by atoms with Gasteiger partial charge in [-0.25, -0.2) is 0 Å². The van der Waals surface area contributed by atoms with Gasteiger partial charge in [-0.15, -0.1) is 0 Å². The van der Waals surface area contributed by atoms with Crippen molar-refractivity contribution in [1.82, 2.24) is 5.32 Å². The van der Waals surface area contributed by atoms with E-state index in [1.807, 2.05) is 0 Å². The molecule has 2 nitrogen and oxygen atoms in total. The number of anilines is 1. The van der Waals surface area contributed by atoms with Crippen molar-refractivity contribution in [3.05, 3.63) is 29.8 Å². The molecular weight excluding hydrogens is 220 g/mol. The molecule has 1 aliphatic rings. The van der Waals surface area contributed by atoms with Crippen LogP contribution >= 0.6 is 0 Å². The van der Waals surface area contributed by atoms with E-state index in [1.165, 1.54) is 37.1 Å². The van der Waals surface area contributed by atoms with Gasteiger partial charge in [-0.2, -0.15) is 0 Å². The molecule has 2 rings (SSSR count). The molecule has 0 bridgehead atoms. The fraction of sp³-hybridized carbons (Fsp3) is 0.625. The van der Waals surface area contributed by atoms with Crippen LogP contribution in [-0.2, 0) is 0 Å². The third kappa shape index (κ3) is 2.86. The van der Waals surface area contributed by atoms with Crippen LogP contribution in [0, 0.1) is 0 Å². The Labute approximate surface area is 111 Å². The first kappa shape index (κ1) is 13.4. The van der Waals surface area contributed by atoms with E-state index in [2.05, 4.69) is 55.3 Å². The van der Waals surface area contributed by atoms with Gasteiger partial charge in [0.2, 0.25) is 0 Å². The zero-order valence-electron chi connectivity index (χ0n) is 11.9. The Bertz CT molecular complexity index is 375. The lowest BCUT2D eigenvalue weighted by molar-refractivity contribution is 0.481. The molecule has 1 aromatic carbocycles. The van der Waals surface area contributed by atoms with Crippen molar-refractivity contribution >= 4 is 5.69 Å². The molecule has 1 aliphatic heterocycles. The van der Waals surface area contributed by atoms with Gasteiger partial charge in [0.15, 0.2) is 0 Å². The largest absolute Gasteiger partial charge is 0.369 e. The van der Waals surface area contributed by atoms with Gasteiger partial charge in [0.1, 0.15) is 0 Å². The highest BCUT2D eigenvalue weighted by molar-refractivity contribution is 5.55. The monoisotopic (exact) mass is 246 g/mol. The lowest BCUT2D eigenvalue weighted by atomic mass is 9.99. The zero-order chi connectivity index (χ0) is 13.0. The Morgan fingerprint density at radius 2 is 2.11 bits per heavy atom. The van der Waals surface area contributed by atoms with E-state index in [0.29, 0.717) is 12.1 Å². The number of rotatable bonds is 4. The summed E-state index contributed by atoms with van der Waals surface area (Å²) in [7, 11) is 0. The van der Waals surface area contributed by atoms with Crippen molar-refractivity contribution in [3.8, 4) is 0 Å². The quantitative estimate of drug-likeness (QED) is 0.870. The maximum absolute atomic E-state index is 3.53. The number of nitrogens with one attached hydrogen (secondary N) is 1. The molecular formula is C16H26N2. The summed E-state index contributed by atoms with van der Waals surface area (Å²) in [6.07, 6.45) is 4.03. The van der Waals surface area contributed by atoms with Crippen molar-refractivity contribution < 1.29 is 0 Å². The SMILES string of the molecule is CCNC(C)c1ccccc1N1CCCCC1C. The minimum atomic E-state index is 0.431. The van der Waals surface area contributed by atoms with Crippen LogP contribution in [0.25, 0.3) is 0 Å². The van der Waals surface area contributed by atoms with Gasteiger partial charge in [-0.05, 0) is 51.3 Å². The van der Waals surface area contributed by atoms with E-state index < -0.39 is 0 Å². The Kier molecular flexibility index (Phi) is 4.65. The molecule has 0 radical (unpaired) electrons. The number of para-hydroxylation sites is 1. The van der Waals surface area contributed by atoms with E-state index in [1.54, 1.807) is 0 Å². The summed E-state index contributed by atoms with van der Waals surface area (Å²) in [6, 6.07) is 9.98. The fourth-order valence-electron chi connectivity index (χ4n) is 2.99. The van der Waals surface area contributed by atoms with E-state index >= 15 is 0 Å². The van der Waals surface area contributed by atoms with E-state index in [-0.39, 0.29) is 0 Å². The first-order valence-electron chi connectivity index (χ1n) is 7.33. The summed E-state index contributed by atoms with van der Waals surface area (Å²) in [5, 5.41) is 3.53. The predicted octanol–water partition coefficient (Wildman–Crippen LogP) is 3.74. The Morgan fingerprint density at radius 1 is 1.33 bits per heavy atom. The molecule has 18 heavy (non-hydrogen) atoms. The summed E-state index contributed by atoms with van der Waals surface area (Å²) < 4.78 is 0. The van der Waals surface area contributed by atoms with Crippen molar-refractivity contribution in [1.29, 1.82) is 0 Å². The van der Waals surface area contributed by atoms with Gasteiger partial charge in [0, 0.05) is 24.3 Å². The van der Waals surface area contributed by atoms with Crippen LogP contribution in [-0.4, -0.2) is 19.1 Å². The minimum absolute atomic E-state index is 0.431. The second kappa shape index (κ2) is 6.24. The van der Waals surface area contributed by atoms with Crippen molar-refractivity contribution in [2.45, 2.75) is 52.1 Å². The van der Waals surface area contributed by atoms with Crippen LogP contribution in [0.1, 0.15) is 51.6 Å². The zero-order valence-corrected chi connectivity index (χ0v) is 11.9. The highest BCUT2D eigenvalue weighted by atomic mass is 15.2. The molecule has 2 heteroatoms. The molecule has 0 saturated carbocycles. The van der Waals surface area contributed by atoms with E-state index in [0.717, 1.165) is 6.54 Å². The lowest BCUT2D eigenvalue weighted by Gasteiger charge is -2.37. The number of hydrogen-bond donors (Lipinski definition) is 1. The van der Waals surface area contributed by atoms with Crippen LogP contribution in [0.5, 0.6) is 0 Å². The number of piperidine rings is 1. The molecule has 0 amide bonds. The average molecular weight is 246 g/mol. The van der Waals surface area contributed by atoms with Gasteiger partial charge in [-0.3, -0.25) is 0 Å². The van der Waals surface area contributed by atoms with Gasteiger partial charge in [0.05, 0.1) is 0 Å². The van der Waals surface area contributed by atoms with Crippen molar-refractivity contribution in [2.24, 2.45) is 0 Å². The standard InChI is InChI=1S/C16H26N2/c1-4-17-14(3)15-10-5-6-11-16(15)18-12-8-7-9-13(18)2/h5-6,10-11,13-14,17H,4,7-9,12H2,1-3H3. The number of benzene rings is 1. The maximum Gasteiger partial charge on any atom is 0.0417 e. The third-order valence-electron chi connectivity index (χ3n) is 4.03. The number of hydrogen-bond acceptors (Lipinski definition) is 2. The molecule has 1 saturated heterocycles. The first-order chi connectivity index (χ1) is 8.74. The summed E-state index contributed by atoms with van der Waals surface area (Å²) in [5.41, 5.74) is 2.87. The van der Waals surface area contributed by atoms with E-state index in [9.17, 15) is 0 Å². The molecule has 2 atom stereocenters. The van der Waals surface area contributed by atoms with Crippen LogP contribution in [0.2, 0.25) is 0 Å². The molecule has 2 unspecified atom stereocenters. The minimum Gasteiger partial charge on any atom is -0.369 e. The predicted molar refractivity (Wildman–Crippen MR) is 79.2 cm³/mol. The smallest absolute Gasteiger partial charge is 0.0417 e. The lowest BCUT2D eigenvalue weighted by Crippen LogP contribution is -2.38. The highest BCUT2D eigenvalue weighted by Crippen LogP contribution is 2.31. The van der Waals surface area contributed by atoms with E-state index in [4.69, 9.17) is 0 Å². The first-order valence-corrected chi connectivity index (χ1v) is 7.33. The van der Waals surface area contributed by atoms with Crippen LogP contribution in [0.3, 0.4) is 0 Å². The van der Waals surface area contributed by atoms with Crippen LogP contribution in [0.15, 0.2) is 24.3 Å². The molecule has 1 aromatic rings. The average Bonchev–Trinajstić information content (AvgIpc) is 2.40. The van der Waals surface area contributed by atoms with Crippen LogP contribution in [0.4, 0.5) is 5.69 Å². The Hall–Kier alpha value is -1.02. The summed E-state index contributed by atoms with van der Waals surface area (Å²) in [5.74, 6) is 0. The normalized spacial score (nSPS) is 21.9. The second-order valence-corrected chi connectivity index (χ2v) is 5.38. The maximum atomic E-state index is 3.53. The highest BCUT2D eigenvalue weighted by Gasteiger charge is 2.21. The number of nitrogens with zero attached hydrogens (tertiary/aromatic N) is 1. The topological polar surface area (TPSA) is 15.3 Å². The Morgan fingerprint density at radius 3 is 2.83 bits per heavy atom. The summed E-state index contributed by atoms with van der Waals surface area (Å²) >= 11 is 0. The Balaban J connectivity index is 2.25. The molecule has 1 fully saturated rings. The van der Waals surface area contributed by atoms with Crippen molar-refractivity contribution in [2.75, 3.05) is 18.0 Å². The summed E-state index contributed by atoms with van der Waals surface area (Å²) in [4.78, 5) is 2.59. The van der Waals surface area contributed by atoms with Gasteiger partial charge < -0.3 is 10.2 Å².